The summed E-state index contributed by atoms with van der Waals surface area (Å²) in [6, 6.07) is 13.5. The van der Waals surface area contributed by atoms with Crippen molar-refractivity contribution in [3.05, 3.63) is 64.2 Å². The predicted molar refractivity (Wildman–Crippen MR) is 78.6 cm³/mol. The van der Waals surface area contributed by atoms with Crippen molar-refractivity contribution in [2.75, 3.05) is 0 Å². The highest BCUT2D eigenvalue weighted by Crippen LogP contribution is 2.42. The van der Waals surface area contributed by atoms with Crippen LogP contribution in [0.5, 0.6) is 0 Å². The minimum absolute atomic E-state index is 0.321. The van der Waals surface area contributed by atoms with Crippen LogP contribution < -0.4 is 0 Å². The molecule has 0 fully saturated rings. The Kier molecular flexibility index (Phi) is 2.41. The van der Waals surface area contributed by atoms with E-state index in [4.69, 9.17) is 5.11 Å². The number of aromatic carboxylic acids is 1. The highest BCUT2D eigenvalue weighted by Gasteiger charge is 2.29. The van der Waals surface area contributed by atoms with Crippen molar-refractivity contribution in [3.8, 4) is 0 Å². The van der Waals surface area contributed by atoms with Crippen molar-refractivity contribution >= 4 is 27.5 Å². The van der Waals surface area contributed by atoms with Crippen LogP contribution in [0.2, 0.25) is 0 Å². The number of carbonyl (C=O) groups is 1. The van der Waals surface area contributed by atoms with Gasteiger partial charge in [0.15, 0.2) is 0 Å². The van der Waals surface area contributed by atoms with Crippen molar-refractivity contribution in [1.82, 2.24) is 4.98 Å². The van der Waals surface area contributed by atoms with Crippen molar-refractivity contribution in [3.63, 3.8) is 0 Å². The second kappa shape index (κ2) is 4.15. The molecule has 3 aromatic rings. The van der Waals surface area contributed by atoms with Gasteiger partial charge in [-0.05, 0) is 35.7 Å². The van der Waals surface area contributed by atoms with Gasteiger partial charge in [-0.15, -0.1) is 11.3 Å². The highest BCUT2D eigenvalue weighted by atomic mass is 32.1. The Morgan fingerprint density at radius 2 is 2.10 bits per heavy atom. The first-order valence-corrected chi connectivity index (χ1v) is 7.25. The first-order valence-electron chi connectivity index (χ1n) is 6.44. The molecule has 3 nitrogen and oxygen atoms in total. The Morgan fingerprint density at radius 3 is 2.90 bits per heavy atom. The molecule has 0 aliphatic heterocycles. The molecule has 0 saturated carbocycles. The lowest BCUT2D eigenvalue weighted by molar-refractivity contribution is 0.0697. The molecule has 0 bridgehead atoms. The standard InChI is InChI=1S/C16H11NO2S/c18-16(19)10-5-6-13-14(8-10)20-15(17-13)12-7-9-3-1-2-4-11(9)12/h1-6,8,12H,7H2,(H,18,19). The second-order valence-electron chi connectivity index (χ2n) is 5.00. The number of nitrogens with zero attached hydrogens (tertiary/aromatic N) is 1. The summed E-state index contributed by atoms with van der Waals surface area (Å²) in [6.07, 6.45) is 1.03. The Hall–Kier alpha value is -2.20. The number of carboxylic acids is 1. The van der Waals surface area contributed by atoms with Crippen LogP contribution in [-0.2, 0) is 6.42 Å². The lowest BCUT2D eigenvalue weighted by Gasteiger charge is -2.28. The van der Waals surface area contributed by atoms with E-state index in [1.165, 1.54) is 11.1 Å². The molecule has 0 spiro atoms. The van der Waals surface area contributed by atoms with Crippen LogP contribution in [0.3, 0.4) is 0 Å². The fourth-order valence-electron chi connectivity index (χ4n) is 2.70. The number of hydrogen-bond acceptors (Lipinski definition) is 3. The van der Waals surface area contributed by atoms with Gasteiger partial charge in [-0.3, -0.25) is 0 Å². The average Bonchev–Trinajstić information content (AvgIpc) is 2.82. The first kappa shape index (κ1) is 11.6. The Bertz CT molecular complexity index is 837. The number of carboxylic acid groups (broad SMARTS) is 1. The summed E-state index contributed by atoms with van der Waals surface area (Å²) < 4.78 is 0.948. The third-order valence-corrected chi connectivity index (χ3v) is 4.94. The molecule has 1 N–H and O–H groups in total. The quantitative estimate of drug-likeness (QED) is 0.779. The number of aromatic nitrogens is 1. The van der Waals surface area contributed by atoms with E-state index < -0.39 is 5.97 Å². The van der Waals surface area contributed by atoms with Gasteiger partial charge in [-0.2, -0.15) is 0 Å². The van der Waals surface area contributed by atoms with Crippen LogP contribution in [0, 0.1) is 0 Å². The van der Waals surface area contributed by atoms with Gasteiger partial charge in [0.05, 0.1) is 15.8 Å². The van der Waals surface area contributed by atoms with E-state index in [-0.39, 0.29) is 0 Å². The van der Waals surface area contributed by atoms with Crippen LogP contribution in [0.25, 0.3) is 10.2 Å². The molecule has 0 radical (unpaired) electrons. The molecule has 1 aromatic heterocycles. The molecule has 98 valence electrons. The lowest BCUT2D eigenvalue weighted by Crippen LogP contribution is -2.17. The van der Waals surface area contributed by atoms with E-state index in [1.807, 2.05) is 0 Å². The summed E-state index contributed by atoms with van der Waals surface area (Å²) in [7, 11) is 0. The third-order valence-electron chi connectivity index (χ3n) is 3.80. The zero-order valence-corrected chi connectivity index (χ0v) is 11.4. The molecular formula is C16H11NO2S. The fraction of sp³-hybridized carbons (Fsp3) is 0.125. The summed E-state index contributed by atoms with van der Waals surface area (Å²) in [4.78, 5) is 15.7. The predicted octanol–water partition coefficient (Wildman–Crippen LogP) is 3.68. The summed E-state index contributed by atoms with van der Waals surface area (Å²) >= 11 is 1.60. The molecule has 2 aromatic carbocycles. The molecule has 1 aliphatic carbocycles. The van der Waals surface area contributed by atoms with Crippen LogP contribution in [0.4, 0.5) is 0 Å². The van der Waals surface area contributed by atoms with Crippen LogP contribution in [0.15, 0.2) is 42.5 Å². The molecule has 1 heterocycles. The first-order chi connectivity index (χ1) is 9.72. The number of hydrogen-bond donors (Lipinski definition) is 1. The van der Waals surface area contributed by atoms with Crippen molar-refractivity contribution in [2.24, 2.45) is 0 Å². The number of benzene rings is 2. The summed E-state index contributed by atoms with van der Waals surface area (Å²) in [5, 5.41) is 10.1. The number of thiazole rings is 1. The van der Waals surface area contributed by atoms with Gasteiger partial charge in [0.2, 0.25) is 0 Å². The van der Waals surface area contributed by atoms with E-state index in [0.29, 0.717) is 11.5 Å². The molecule has 0 amide bonds. The maximum atomic E-state index is 11.0. The monoisotopic (exact) mass is 281 g/mol. The minimum atomic E-state index is -0.893. The fourth-order valence-corrected chi connectivity index (χ4v) is 3.83. The van der Waals surface area contributed by atoms with Gasteiger partial charge < -0.3 is 5.11 Å². The second-order valence-corrected chi connectivity index (χ2v) is 6.06. The zero-order valence-electron chi connectivity index (χ0n) is 10.5. The van der Waals surface area contributed by atoms with Gasteiger partial charge in [-0.1, -0.05) is 24.3 Å². The van der Waals surface area contributed by atoms with Gasteiger partial charge in [0, 0.05) is 5.92 Å². The number of fused-ring (bicyclic) bond motifs is 2. The van der Waals surface area contributed by atoms with E-state index in [2.05, 4.69) is 29.2 Å². The van der Waals surface area contributed by atoms with Gasteiger partial charge in [-0.25, -0.2) is 9.78 Å². The van der Waals surface area contributed by atoms with Gasteiger partial charge in [0.1, 0.15) is 5.01 Å². The summed E-state index contributed by atoms with van der Waals surface area (Å²) in [5.41, 5.74) is 3.95. The van der Waals surface area contributed by atoms with E-state index in [1.54, 1.807) is 29.5 Å². The highest BCUT2D eigenvalue weighted by molar-refractivity contribution is 7.18. The van der Waals surface area contributed by atoms with Gasteiger partial charge >= 0.3 is 5.97 Å². The number of rotatable bonds is 2. The van der Waals surface area contributed by atoms with Crippen molar-refractivity contribution in [1.29, 1.82) is 0 Å². The van der Waals surface area contributed by atoms with Gasteiger partial charge in [0.25, 0.3) is 0 Å². The molecule has 4 rings (SSSR count). The van der Waals surface area contributed by atoms with E-state index >= 15 is 0 Å². The molecule has 1 aliphatic rings. The van der Waals surface area contributed by atoms with Crippen molar-refractivity contribution < 1.29 is 9.90 Å². The van der Waals surface area contributed by atoms with Crippen LogP contribution >= 0.6 is 11.3 Å². The smallest absolute Gasteiger partial charge is 0.335 e. The van der Waals surface area contributed by atoms with Crippen LogP contribution in [-0.4, -0.2) is 16.1 Å². The Labute approximate surface area is 119 Å². The maximum Gasteiger partial charge on any atom is 0.335 e. The topological polar surface area (TPSA) is 50.2 Å². The molecule has 4 heteroatoms. The average molecular weight is 281 g/mol. The molecular weight excluding hydrogens is 270 g/mol. The lowest BCUT2D eigenvalue weighted by atomic mass is 9.78. The summed E-state index contributed by atoms with van der Waals surface area (Å²) in [5.74, 6) is -0.521. The van der Waals surface area contributed by atoms with Crippen molar-refractivity contribution in [2.45, 2.75) is 12.3 Å². The van der Waals surface area contributed by atoms with E-state index in [0.717, 1.165) is 21.6 Å². The molecule has 1 unspecified atom stereocenters. The molecule has 20 heavy (non-hydrogen) atoms. The Morgan fingerprint density at radius 1 is 1.25 bits per heavy atom. The maximum absolute atomic E-state index is 11.0. The van der Waals surface area contributed by atoms with E-state index in [9.17, 15) is 4.79 Å². The molecule has 0 saturated heterocycles. The normalized spacial score (nSPS) is 16.7. The summed E-state index contributed by atoms with van der Waals surface area (Å²) in [6.45, 7) is 0. The minimum Gasteiger partial charge on any atom is -0.478 e. The largest absolute Gasteiger partial charge is 0.478 e. The van der Waals surface area contributed by atoms with Crippen LogP contribution in [0.1, 0.15) is 32.4 Å². The third kappa shape index (κ3) is 1.65. The zero-order chi connectivity index (χ0) is 13.7. The Balaban J connectivity index is 1.77. The molecule has 1 atom stereocenters. The SMILES string of the molecule is O=C(O)c1ccc2nc(C3Cc4ccccc43)sc2c1.